The molecule has 2 aromatic heterocycles. The van der Waals surface area contributed by atoms with Crippen LogP contribution in [0.1, 0.15) is 24.5 Å². The first-order valence-electron chi connectivity index (χ1n) is 7.68. The van der Waals surface area contributed by atoms with E-state index in [1.807, 2.05) is 0 Å². The van der Waals surface area contributed by atoms with E-state index in [4.69, 9.17) is 4.74 Å². The first kappa shape index (κ1) is 15.8. The molecule has 0 amide bonds. The third kappa shape index (κ3) is 3.64. The Morgan fingerprint density at radius 1 is 1.22 bits per heavy atom. The summed E-state index contributed by atoms with van der Waals surface area (Å²) in [5, 5.41) is 0.912. The molecular formula is C17H20N4OS. The quantitative estimate of drug-likeness (QED) is 0.549. The number of aromatic nitrogens is 4. The van der Waals surface area contributed by atoms with Crippen molar-refractivity contribution in [2.24, 2.45) is 0 Å². The molecule has 0 saturated carbocycles. The number of aromatic amines is 1. The van der Waals surface area contributed by atoms with Gasteiger partial charge in [0.05, 0.1) is 6.33 Å². The Bertz CT molecular complexity index is 802. The number of aryl methyl sites for hydroxylation is 2. The Labute approximate surface area is 139 Å². The van der Waals surface area contributed by atoms with Gasteiger partial charge >= 0.3 is 0 Å². The summed E-state index contributed by atoms with van der Waals surface area (Å²) in [4.78, 5) is 15.7. The number of H-pyrrole nitrogens is 1. The fourth-order valence-corrected chi connectivity index (χ4v) is 3.43. The van der Waals surface area contributed by atoms with E-state index in [2.05, 4.69) is 58.9 Å². The number of ether oxygens (including phenoxy) is 1. The summed E-state index contributed by atoms with van der Waals surface area (Å²) in [5.74, 6) is 1.78. The molecule has 1 N–H and O–H groups in total. The van der Waals surface area contributed by atoms with E-state index in [1.54, 1.807) is 24.4 Å². The van der Waals surface area contributed by atoms with Crippen molar-refractivity contribution in [2.45, 2.75) is 38.3 Å². The second-order valence-electron chi connectivity index (χ2n) is 5.51. The van der Waals surface area contributed by atoms with Crippen LogP contribution in [0.2, 0.25) is 0 Å². The maximum absolute atomic E-state index is 6.17. The highest BCUT2D eigenvalue weighted by Crippen LogP contribution is 2.26. The van der Waals surface area contributed by atoms with E-state index >= 15 is 0 Å². The third-order valence-electron chi connectivity index (χ3n) is 3.67. The number of benzene rings is 1. The van der Waals surface area contributed by atoms with E-state index in [-0.39, 0.29) is 6.10 Å². The molecule has 0 radical (unpaired) electrons. The van der Waals surface area contributed by atoms with Crippen LogP contribution in [0.4, 0.5) is 0 Å². The summed E-state index contributed by atoms with van der Waals surface area (Å²) in [7, 11) is 0. The first-order valence-corrected chi connectivity index (χ1v) is 8.66. The molecule has 2 heterocycles. The number of hydrogen-bond donors (Lipinski definition) is 1. The second kappa shape index (κ2) is 7.00. The lowest BCUT2D eigenvalue weighted by Crippen LogP contribution is -2.19. The average Bonchev–Trinajstić information content (AvgIpc) is 3.02. The van der Waals surface area contributed by atoms with Crippen LogP contribution in [0.25, 0.3) is 11.2 Å². The highest BCUT2D eigenvalue weighted by molar-refractivity contribution is 7.99. The molecule has 0 aliphatic rings. The lowest BCUT2D eigenvalue weighted by atomic mass is 10.1. The largest absolute Gasteiger partial charge is 0.489 e. The molecule has 0 spiro atoms. The number of imidazole rings is 1. The highest BCUT2D eigenvalue weighted by atomic mass is 32.2. The molecule has 0 aliphatic carbocycles. The maximum Gasteiger partial charge on any atom is 0.181 e. The van der Waals surface area contributed by atoms with E-state index in [0.717, 1.165) is 28.5 Å². The van der Waals surface area contributed by atoms with Gasteiger partial charge in [0.15, 0.2) is 5.65 Å². The zero-order valence-corrected chi connectivity index (χ0v) is 14.4. The van der Waals surface area contributed by atoms with Crippen LogP contribution in [-0.2, 0) is 0 Å². The molecule has 23 heavy (non-hydrogen) atoms. The van der Waals surface area contributed by atoms with Crippen molar-refractivity contribution in [1.29, 1.82) is 0 Å². The second-order valence-corrected chi connectivity index (χ2v) is 6.52. The van der Waals surface area contributed by atoms with Crippen LogP contribution in [0.5, 0.6) is 5.75 Å². The molecule has 1 unspecified atom stereocenters. The van der Waals surface area contributed by atoms with Crippen molar-refractivity contribution in [3.05, 3.63) is 42.0 Å². The first-order chi connectivity index (χ1) is 11.2. The Balaban J connectivity index is 1.69. The van der Waals surface area contributed by atoms with Crippen LogP contribution in [0, 0.1) is 13.8 Å². The van der Waals surface area contributed by atoms with Crippen molar-refractivity contribution in [3.63, 3.8) is 0 Å². The van der Waals surface area contributed by atoms with E-state index in [1.165, 1.54) is 11.1 Å². The van der Waals surface area contributed by atoms with Crippen LogP contribution < -0.4 is 4.74 Å². The normalized spacial score (nSPS) is 12.5. The molecule has 0 saturated heterocycles. The Morgan fingerprint density at radius 3 is 2.87 bits per heavy atom. The van der Waals surface area contributed by atoms with Gasteiger partial charge in [-0.1, -0.05) is 24.6 Å². The Morgan fingerprint density at radius 2 is 2.09 bits per heavy atom. The smallest absolute Gasteiger partial charge is 0.181 e. The minimum atomic E-state index is 0.134. The summed E-state index contributed by atoms with van der Waals surface area (Å²) >= 11 is 1.67. The predicted octanol–water partition coefficient (Wildman–Crippen LogP) is 3.92. The molecule has 3 rings (SSSR count). The number of thioether (sulfide) groups is 1. The fraction of sp³-hybridized carbons (Fsp3) is 0.353. The van der Waals surface area contributed by atoms with Crippen molar-refractivity contribution >= 4 is 22.9 Å². The molecule has 1 atom stereocenters. The van der Waals surface area contributed by atoms with E-state index in [9.17, 15) is 0 Å². The third-order valence-corrected chi connectivity index (χ3v) is 4.79. The number of fused-ring (bicyclic) bond motifs is 1. The standard InChI is InChI=1S/C17H20N4OS/c1-4-13(22-14-6-5-11(2)7-12(14)3)8-23-17-15-16(19-9-18-15)20-10-21-17/h5-7,9-10,13H,4,8H2,1-3H3,(H,18,19,20,21). The highest BCUT2D eigenvalue weighted by Gasteiger charge is 2.13. The Kier molecular flexibility index (Phi) is 4.81. The van der Waals surface area contributed by atoms with Crippen LogP contribution >= 0.6 is 11.8 Å². The summed E-state index contributed by atoms with van der Waals surface area (Å²) in [6.45, 7) is 6.32. The molecule has 0 fully saturated rings. The number of nitrogens with zero attached hydrogens (tertiary/aromatic N) is 3. The minimum absolute atomic E-state index is 0.134. The van der Waals surface area contributed by atoms with Gasteiger partial charge in [0.2, 0.25) is 0 Å². The summed E-state index contributed by atoms with van der Waals surface area (Å²) in [5.41, 5.74) is 4.01. The van der Waals surface area contributed by atoms with Crippen LogP contribution in [0.15, 0.2) is 35.9 Å². The molecular weight excluding hydrogens is 308 g/mol. The maximum atomic E-state index is 6.17. The summed E-state index contributed by atoms with van der Waals surface area (Å²) in [6, 6.07) is 6.28. The summed E-state index contributed by atoms with van der Waals surface area (Å²) < 4.78 is 6.17. The fourth-order valence-electron chi connectivity index (χ4n) is 2.37. The number of rotatable bonds is 6. The SMILES string of the molecule is CCC(CSc1ncnc2nc[nH]c12)Oc1ccc(C)cc1C. The molecule has 1 aromatic carbocycles. The topological polar surface area (TPSA) is 63.7 Å². The van der Waals surface area contributed by atoms with Gasteiger partial charge in [0, 0.05) is 5.75 Å². The van der Waals surface area contributed by atoms with Crippen molar-refractivity contribution in [1.82, 2.24) is 19.9 Å². The van der Waals surface area contributed by atoms with Gasteiger partial charge in [0.1, 0.15) is 28.7 Å². The zero-order valence-electron chi connectivity index (χ0n) is 13.5. The Hall–Kier alpha value is -2.08. The van der Waals surface area contributed by atoms with Gasteiger partial charge in [-0.25, -0.2) is 15.0 Å². The predicted molar refractivity (Wildman–Crippen MR) is 93.0 cm³/mol. The molecule has 3 aromatic rings. The van der Waals surface area contributed by atoms with E-state index in [0.29, 0.717) is 5.65 Å². The number of nitrogens with one attached hydrogen (secondary N) is 1. The lowest BCUT2D eigenvalue weighted by molar-refractivity contribution is 0.220. The van der Waals surface area contributed by atoms with Crippen molar-refractivity contribution in [2.75, 3.05) is 5.75 Å². The van der Waals surface area contributed by atoms with Crippen molar-refractivity contribution < 1.29 is 4.74 Å². The van der Waals surface area contributed by atoms with E-state index < -0.39 is 0 Å². The van der Waals surface area contributed by atoms with Gasteiger partial charge in [-0.2, -0.15) is 0 Å². The minimum Gasteiger partial charge on any atom is -0.489 e. The molecule has 5 nitrogen and oxygen atoms in total. The molecule has 0 bridgehead atoms. The summed E-state index contributed by atoms with van der Waals surface area (Å²) in [6.07, 6.45) is 4.27. The van der Waals surface area contributed by atoms with Crippen LogP contribution in [0.3, 0.4) is 0 Å². The zero-order chi connectivity index (χ0) is 16.2. The van der Waals surface area contributed by atoms with Gasteiger partial charge in [-0.15, -0.1) is 11.8 Å². The average molecular weight is 328 g/mol. The molecule has 120 valence electrons. The molecule has 0 aliphatic heterocycles. The lowest BCUT2D eigenvalue weighted by Gasteiger charge is -2.19. The molecule has 6 heteroatoms. The van der Waals surface area contributed by atoms with Crippen LogP contribution in [-0.4, -0.2) is 31.8 Å². The van der Waals surface area contributed by atoms with Gasteiger partial charge < -0.3 is 9.72 Å². The van der Waals surface area contributed by atoms with Gasteiger partial charge in [0.25, 0.3) is 0 Å². The number of hydrogen-bond acceptors (Lipinski definition) is 5. The monoisotopic (exact) mass is 328 g/mol. The van der Waals surface area contributed by atoms with Gasteiger partial charge in [-0.05, 0) is 31.9 Å². The van der Waals surface area contributed by atoms with Crippen molar-refractivity contribution in [3.8, 4) is 5.75 Å². The van der Waals surface area contributed by atoms with Gasteiger partial charge in [-0.3, -0.25) is 0 Å².